The minimum atomic E-state index is -3.08. The molecule has 2 amide bonds. The molecular weight excluding hydrogens is 368 g/mol. The summed E-state index contributed by atoms with van der Waals surface area (Å²) in [5.41, 5.74) is 0.399. The number of rotatable bonds is 5. The van der Waals surface area contributed by atoms with Crippen LogP contribution in [0.2, 0.25) is 0 Å². The van der Waals surface area contributed by atoms with Crippen molar-refractivity contribution in [3.05, 3.63) is 54.1 Å². The van der Waals surface area contributed by atoms with E-state index in [1.54, 1.807) is 0 Å². The lowest BCUT2D eigenvalue weighted by Gasteiger charge is -2.16. The first-order valence-electron chi connectivity index (χ1n) is 9.82. The van der Waals surface area contributed by atoms with E-state index in [1.165, 1.54) is 49.4 Å². The summed E-state index contributed by atoms with van der Waals surface area (Å²) in [6.45, 7) is 2.25. The van der Waals surface area contributed by atoms with Gasteiger partial charge in [-0.05, 0) is 43.3 Å². The van der Waals surface area contributed by atoms with Crippen molar-refractivity contribution in [1.82, 2.24) is 0 Å². The topological polar surface area (TPSA) is 71.0 Å². The highest BCUT2D eigenvalue weighted by atomic mass is 19.3. The molecule has 0 spiro atoms. The lowest BCUT2D eigenvalue weighted by Crippen LogP contribution is -2.36. The fraction of sp³-hybridized carbons (Fsp3) is 0.250. The molecule has 2 aromatic rings. The lowest BCUT2D eigenvalue weighted by molar-refractivity contribution is -0.127. The summed E-state index contributed by atoms with van der Waals surface area (Å²) in [5, 5.41) is 7.62. The number of nitrogens with zero attached hydrogens (tertiary/aromatic N) is 2. The Balaban J connectivity index is 1.74. The van der Waals surface area contributed by atoms with Gasteiger partial charge in [-0.3, -0.25) is 9.59 Å². The summed E-state index contributed by atoms with van der Waals surface area (Å²) < 4.78 is 53.1. The predicted octanol–water partition coefficient (Wildman–Crippen LogP) is 3.78. The second-order valence-corrected chi connectivity index (χ2v) is 6.38. The molecule has 0 radical (unpaired) electrons. The summed E-state index contributed by atoms with van der Waals surface area (Å²) in [5.74, 6) is -5.56. The van der Waals surface area contributed by atoms with Crippen LogP contribution in [0.1, 0.15) is 23.5 Å². The maximum Gasteiger partial charge on any atom is 0.270 e. The Labute approximate surface area is 165 Å². The van der Waals surface area contributed by atoms with Gasteiger partial charge in [-0.25, -0.2) is 8.78 Å². The number of hydrazone groups is 1. The first-order chi connectivity index (χ1) is 14.3. The Kier molecular flexibility index (Phi) is 4.15. The number of anilines is 2. The van der Waals surface area contributed by atoms with Gasteiger partial charge in [0.1, 0.15) is 5.75 Å². The predicted molar refractivity (Wildman–Crippen MR) is 102 cm³/mol. The molecule has 3 rings (SSSR count). The van der Waals surface area contributed by atoms with Crippen LogP contribution in [-0.2, 0) is 15.5 Å². The van der Waals surface area contributed by atoms with Crippen LogP contribution in [0, 0.1) is 5.92 Å². The highest BCUT2D eigenvalue weighted by Gasteiger charge is 2.40. The number of carbonyl (C=O) groups excluding carboxylic acids is 2. The van der Waals surface area contributed by atoms with E-state index < -0.39 is 30.7 Å². The zero-order valence-corrected chi connectivity index (χ0v) is 15.1. The molecule has 0 aromatic heterocycles. The minimum absolute atomic E-state index is 0.0815. The molecule has 1 heterocycles. The average molecular weight is 390 g/mol. The Morgan fingerprint density at radius 2 is 2.00 bits per heavy atom. The second kappa shape index (κ2) is 7.38. The first kappa shape index (κ1) is 15.7. The molecule has 0 bridgehead atoms. The van der Waals surface area contributed by atoms with E-state index in [-0.39, 0.29) is 22.7 Å². The fourth-order valence-corrected chi connectivity index (χ4v) is 2.79. The van der Waals surface area contributed by atoms with Crippen molar-refractivity contribution in [2.45, 2.75) is 19.8 Å². The SMILES string of the molecule is [2H]C([2H])([2H])Oc1ccc(N2N=C(C)C(C(=O)Nc3cccc(C(C)(F)F)c3)C2=O)cc1. The van der Waals surface area contributed by atoms with Gasteiger partial charge in [-0.15, -0.1) is 0 Å². The minimum Gasteiger partial charge on any atom is -0.497 e. The van der Waals surface area contributed by atoms with Crippen LogP contribution < -0.4 is 15.1 Å². The van der Waals surface area contributed by atoms with Gasteiger partial charge in [-0.1, -0.05) is 12.1 Å². The van der Waals surface area contributed by atoms with Crippen LogP contribution in [0.3, 0.4) is 0 Å². The fourth-order valence-electron chi connectivity index (χ4n) is 2.79. The first-order valence-corrected chi connectivity index (χ1v) is 8.32. The molecule has 0 aliphatic carbocycles. The number of alkyl halides is 2. The Bertz CT molecular complexity index is 1030. The molecule has 8 heteroatoms. The van der Waals surface area contributed by atoms with Gasteiger partial charge in [0.05, 0.1) is 22.5 Å². The van der Waals surface area contributed by atoms with Crippen LogP contribution in [-0.4, -0.2) is 24.6 Å². The largest absolute Gasteiger partial charge is 0.497 e. The van der Waals surface area contributed by atoms with Crippen molar-refractivity contribution in [1.29, 1.82) is 0 Å². The van der Waals surface area contributed by atoms with Crippen LogP contribution in [0.5, 0.6) is 5.75 Å². The van der Waals surface area contributed by atoms with Gasteiger partial charge in [0.15, 0.2) is 5.92 Å². The molecule has 1 N–H and O–H groups in total. The lowest BCUT2D eigenvalue weighted by atomic mass is 10.0. The van der Waals surface area contributed by atoms with Gasteiger partial charge >= 0.3 is 0 Å². The molecule has 1 atom stereocenters. The number of halogens is 2. The molecule has 0 fully saturated rings. The molecule has 0 saturated carbocycles. The van der Waals surface area contributed by atoms with Gasteiger partial charge < -0.3 is 10.1 Å². The van der Waals surface area contributed by atoms with Crippen molar-refractivity contribution in [3.63, 3.8) is 0 Å². The Morgan fingerprint density at radius 1 is 1.29 bits per heavy atom. The van der Waals surface area contributed by atoms with Crippen LogP contribution in [0.25, 0.3) is 0 Å². The summed E-state index contributed by atoms with van der Waals surface area (Å²) >= 11 is 0. The number of amides is 2. The number of benzene rings is 2. The van der Waals surface area contributed by atoms with Gasteiger partial charge in [-0.2, -0.15) is 10.1 Å². The molecule has 28 heavy (non-hydrogen) atoms. The van der Waals surface area contributed by atoms with Crippen LogP contribution >= 0.6 is 0 Å². The Morgan fingerprint density at radius 3 is 2.64 bits per heavy atom. The number of methoxy groups -OCH3 is 1. The summed E-state index contributed by atoms with van der Waals surface area (Å²) in [6, 6.07) is 10.8. The van der Waals surface area contributed by atoms with Crippen LogP contribution in [0.4, 0.5) is 20.2 Å². The van der Waals surface area contributed by atoms with E-state index in [4.69, 9.17) is 8.85 Å². The molecular formula is C20H19F2N3O3. The third kappa shape index (κ3) is 3.85. The molecule has 1 aliphatic heterocycles. The number of carbonyl (C=O) groups is 2. The van der Waals surface area contributed by atoms with Gasteiger partial charge in [0.25, 0.3) is 11.8 Å². The summed E-state index contributed by atoms with van der Waals surface area (Å²) in [7, 11) is -2.61. The Hall–Kier alpha value is -3.29. The van der Waals surface area contributed by atoms with Crippen molar-refractivity contribution in [3.8, 4) is 5.75 Å². The maximum atomic E-state index is 13.5. The number of hydrogen-bond acceptors (Lipinski definition) is 4. The maximum absolute atomic E-state index is 13.5. The molecule has 146 valence electrons. The number of hydrogen-bond donors (Lipinski definition) is 1. The highest BCUT2D eigenvalue weighted by molar-refractivity contribution is 6.28. The van der Waals surface area contributed by atoms with Crippen molar-refractivity contribution in [2.75, 3.05) is 17.4 Å². The quantitative estimate of drug-likeness (QED) is 0.790. The van der Waals surface area contributed by atoms with E-state index in [2.05, 4.69) is 10.4 Å². The molecule has 1 aliphatic rings. The summed E-state index contributed by atoms with van der Waals surface area (Å²) in [6.07, 6.45) is 0. The van der Waals surface area contributed by atoms with E-state index in [9.17, 15) is 18.4 Å². The van der Waals surface area contributed by atoms with Crippen molar-refractivity contribution in [2.24, 2.45) is 11.0 Å². The third-order valence-electron chi connectivity index (χ3n) is 4.23. The van der Waals surface area contributed by atoms with Gasteiger partial charge in [0, 0.05) is 18.2 Å². The zero-order chi connectivity index (χ0) is 23.0. The summed E-state index contributed by atoms with van der Waals surface area (Å²) in [4.78, 5) is 25.5. The molecule has 1 unspecified atom stereocenters. The molecule has 2 aromatic carbocycles. The van der Waals surface area contributed by atoms with Crippen LogP contribution in [0.15, 0.2) is 53.6 Å². The zero-order valence-electron chi connectivity index (χ0n) is 18.1. The smallest absolute Gasteiger partial charge is 0.270 e. The van der Waals surface area contributed by atoms with Gasteiger partial charge in [0.2, 0.25) is 5.91 Å². The van der Waals surface area contributed by atoms with Crippen molar-refractivity contribution < 1.29 is 27.2 Å². The van der Waals surface area contributed by atoms with E-state index >= 15 is 0 Å². The number of ether oxygens (including phenoxy) is 1. The molecule has 6 nitrogen and oxygen atoms in total. The third-order valence-corrected chi connectivity index (χ3v) is 4.23. The van der Waals surface area contributed by atoms with E-state index in [0.717, 1.165) is 18.0 Å². The number of nitrogens with one attached hydrogen (secondary N) is 1. The van der Waals surface area contributed by atoms with E-state index in [1.807, 2.05) is 0 Å². The second-order valence-electron chi connectivity index (χ2n) is 6.38. The average Bonchev–Trinajstić information content (AvgIpc) is 2.95. The standard InChI is InChI=1S/C20H19F2N3O3/c1-12-17(18(26)23-14-6-4-5-13(11-14)20(2,21)22)19(27)25(24-12)15-7-9-16(28-3)10-8-15/h4-11,17H,1-3H3,(H,23,26)/i3D3. The normalized spacial score (nSPS) is 18.8. The highest BCUT2D eigenvalue weighted by Crippen LogP contribution is 2.30. The monoisotopic (exact) mass is 390 g/mol. The van der Waals surface area contributed by atoms with Crippen molar-refractivity contribution >= 4 is 28.9 Å². The van der Waals surface area contributed by atoms with E-state index in [0.29, 0.717) is 5.69 Å². The molecule has 0 saturated heterocycles.